The molecule has 0 atom stereocenters. The summed E-state index contributed by atoms with van der Waals surface area (Å²) in [4.78, 5) is 16.3. The number of hydrogen-bond acceptors (Lipinski definition) is 2. The summed E-state index contributed by atoms with van der Waals surface area (Å²) in [6, 6.07) is 0. The van der Waals surface area contributed by atoms with E-state index in [1.54, 1.807) is 19.0 Å². The lowest BCUT2D eigenvalue weighted by molar-refractivity contribution is -0.115. The first-order chi connectivity index (χ1) is 7.58. The van der Waals surface area contributed by atoms with Crippen LogP contribution in [0.3, 0.4) is 0 Å². The summed E-state index contributed by atoms with van der Waals surface area (Å²) in [5.41, 5.74) is 1.66. The van der Waals surface area contributed by atoms with E-state index in [4.69, 9.17) is 0 Å². The maximum atomic E-state index is 10.6. The van der Waals surface area contributed by atoms with Crippen molar-refractivity contribution in [1.82, 2.24) is 10.2 Å². The molecule has 0 aromatic carbocycles. The number of amides is 1. The standard InChI is InChI=1S/C12H21N3O/c1-6-11(15(5)9-16)8-10(3)14-12(7-2)13-4/h8-9H,3,6-7H2,1-2,4-5H3,(H,13,14)/b11-8+. The van der Waals surface area contributed by atoms with Crippen LogP contribution in [0.1, 0.15) is 26.7 Å². The molecule has 0 radical (unpaired) electrons. The van der Waals surface area contributed by atoms with Crippen molar-refractivity contribution in [1.29, 1.82) is 0 Å². The van der Waals surface area contributed by atoms with E-state index in [9.17, 15) is 4.79 Å². The van der Waals surface area contributed by atoms with Gasteiger partial charge in [-0.15, -0.1) is 0 Å². The average molecular weight is 223 g/mol. The van der Waals surface area contributed by atoms with Crippen molar-refractivity contribution < 1.29 is 4.79 Å². The van der Waals surface area contributed by atoms with Crippen LogP contribution in [-0.2, 0) is 4.79 Å². The first-order valence-corrected chi connectivity index (χ1v) is 5.39. The van der Waals surface area contributed by atoms with E-state index < -0.39 is 0 Å². The number of aliphatic imine (C=N–C) groups is 1. The highest BCUT2D eigenvalue weighted by Gasteiger charge is 2.02. The number of carbonyl (C=O) groups excluding carboxylic acids is 1. The Morgan fingerprint density at radius 2 is 2.06 bits per heavy atom. The molecule has 0 saturated heterocycles. The number of carbonyl (C=O) groups is 1. The molecule has 0 heterocycles. The normalized spacial score (nSPS) is 12.2. The number of nitrogens with zero attached hydrogens (tertiary/aromatic N) is 2. The van der Waals surface area contributed by atoms with Crippen LogP contribution in [0.4, 0.5) is 0 Å². The van der Waals surface area contributed by atoms with Gasteiger partial charge in [0, 0.05) is 31.9 Å². The lowest BCUT2D eigenvalue weighted by atomic mass is 10.2. The molecule has 0 aliphatic rings. The van der Waals surface area contributed by atoms with Gasteiger partial charge in [-0.05, 0) is 12.5 Å². The van der Waals surface area contributed by atoms with Gasteiger partial charge in [0.15, 0.2) is 0 Å². The van der Waals surface area contributed by atoms with Crippen LogP contribution in [0.2, 0.25) is 0 Å². The summed E-state index contributed by atoms with van der Waals surface area (Å²) in [5.74, 6) is 0.880. The van der Waals surface area contributed by atoms with Gasteiger partial charge < -0.3 is 10.2 Å². The van der Waals surface area contributed by atoms with Crippen LogP contribution >= 0.6 is 0 Å². The Morgan fingerprint density at radius 1 is 1.44 bits per heavy atom. The largest absolute Gasteiger partial charge is 0.345 e. The minimum absolute atomic E-state index is 0.744. The number of nitrogens with one attached hydrogen (secondary N) is 1. The fraction of sp³-hybridized carbons (Fsp3) is 0.500. The molecule has 0 aliphatic carbocycles. The van der Waals surface area contributed by atoms with Crippen LogP contribution in [0.25, 0.3) is 0 Å². The summed E-state index contributed by atoms with van der Waals surface area (Å²) >= 11 is 0. The van der Waals surface area contributed by atoms with Crippen LogP contribution < -0.4 is 5.32 Å². The minimum Gasteiger partial charge on any atom is -0.345 e. The van der Waals surface area contributed by atoms with Gasteiger partial charge in [0.2, 0.25) is 6.41 Å². The molecule has 16 heavy (non-hydrogen) atoms. The number of rotatable bonds is 6. The van der Waals surface area contributed by atoms with Gasteiger partial charge in [-0.3, -0.25) is 9.79 Å². The van der Waals surface area contributed by atoms with Crippen LogP contribution in [0.15, 0.2) is 29.0 Å². The molecule has 0 unspecified atom stereocenters. The summed E-state index contributed by atoms with van der Waals surface area (Å²) in [6.45, 7) is 7.90. The third-order valence-electron chi connectivity index (χ3n) is 2.22. The Kier molecular flexibility index (Phi) is 6.92. The highest BCUT2D eigenvalue weighted by Crippen LogP contribution is 2.06. The molecule has 90 valence electrons. The van der Waals surface area contributed by atoms with E-state index in [2.05, 4.69) is 16.9 Å². The van der Waals surface area contributed by atoms with Gasteiger partial charge in [-0.25, -0.2) is 0 Å². The Bertz CT molecular complexity index is 305. The predicted molar refractivity (Wildman–Crippen MR) is 68.1 cm³/mol. The number of allylic oxidation sites excluding steroid dienone is 2. The maximum absolute atomic E-state index is 10.6. The van der Waals surface area contributed by atoms with Gasteiger partial charge in [0.25, 0.3) is 0 Å². The predicted octanol–water partition coefficient (Wildman–Crippen LogP) is 1.91. The van der Waals surface area contributed by atoms with Crippen LogP contribution in [0.5, 0.6) is 0 Å². The first-order valence-electron chi connectivity index (χ1n) is 5.39. The molecule has 0 rings (SSSR count). The Labute approximate surface area is 97.7 Å². The first kappa shape index (κ1) is 14.4. The smallest absolute Gasteiger partial charge is 0.213 e. The van der Waals surface area contributed by atoms with Gasteiger partial charge in [0.1, 0.15) is 5.84 Å². The molecule has 0 spiro atoms. The number of amidine groups is 1. The SMILES string of the molecule is C=C(/C=C(\CC)N(C)C=O)NC(CC)=NC. The molecule has 4 heteroatoms. The Hall–Kier alpha value is -1.58. The lowest BCUT2D eigenvalue weighted by Crippen LogP contribution is -2.22. The van der Waals surface area contributed by atoms with Crippen molar-refractivity contribution in [3.05, 3.63) is 24.0 Å². The van der Waals surface area contributed by atoms with Crippen molar-refractivity contribution in [2.24, 2.45) is 4.99 Å². The topological polar surface area (TPSA) is 44.7 Å². The van der Waals surface area contributed by atoms with E-state index in [0.717, 1.165) is 36.5 Å². The third-order valence-corrected chi connectivity index (χ3v) is 2.22. The zero-order valence-electron chi connectivity index (χ0n) is 10.6. The van der Waals surface area contributed by atoms with Crippen molar-refractivity contribution in [3.63, 3.8) is 0 Å². The molecule has 0 fully saturated rings. The molecule has 0 aliphatic heterocycles. The average Bonchev–Trinajstić information content (AvgIpc) is 2.31. The molecule has 0 saturated carbocycles. The maximum Gasteiger partial charge on any atom is 0.213 e. The van der Waals surface area contributed by atoms with Crippen molar-refractivity contribution >= 4 is 12.2 Å². The number of hydrogen-bond donors (Lipinski definition) is 1. The highest BCUT2D eigenvalue weighted by molar-refractivity contribution is 5.83. The summed E-state index contributed by atoms with van der Waals surface area (Å²) in [6.07, 6.45) is 4.25. The second kappa shape index (κ2) is 7.68. The Balaban J connectivity index is 4.61. The third kappa shape index (κ3) is 4.77. The van der Waals surface area contributed by atoms with E-state index in [-0.39, 0.29) is 0 Å². The molecule has 1 amide bonds. The fourth-order valence-electron chi connectivity index (χ4n) is 1.25. The van der Waals surface area contributed by atoms with Gasteiger partial charge >= 0.3 is 0 Å². The summed E-state index contributed by atoms with van der Waals surface area (Å²) in [5, 5.41) is 3.10. The molecule has 4 nitrogen and oxygen atoms in total. The molecule has 0 bridgehead atoms. The van der Waals surface area contributed by atoms with Gasteiger partial charge in [0.05, 0.1) is 0 Å². The molecular weight excluding hydrogens is 202 g/mol. The van der Waals surface area contributed by atoms with Gasteiger partial charge in [-0.1, -0.05) is 20.4 Å². The van der Waals surface area contributed by atoms with Crippen LogP contribution in [0, 0.1) is 0 Å². The fourth-order valence-corrected chi connectivity index (χ4v) is 1.25. The highest BCUT2D eigenvalue weighted by atomic mass is 16.1. The second-order valence-electron chi connectivity index (χ2n) is 3.38. The van der Waals surface area contributed by atoms with E-state index in [1.807, 2.05) is 19.9 Å². The van der Waals surface area contributed by atoms with E-state index in [1.165, 1.54) is 0 Å². The monoisotopic (exact) mass is 223 g/mol. The zero-order valence-corrected chi connectivity index (χ0v) is 10.6. The minimum atomic E-state index is 0.744. The quantitative estimate of drug-likeness (QED) is 0.323. The second-order valence-corrected chi connectivity index (χ2v) is 3.38. The lowest BCUT2D eigenvalue weighted by Gasteiger charge is -2.15. The summed E-state index contributed by atoms with van der Waals surface area (Å²) < 4.78 is 0. The van der Waals surface area contributed by atoms with Crippen molar-refractivity contribution in [3.8, 4) is 0 Å². The van der Waals surface area contributed by atoms with Gasteiger partial charge in [-0.2, -0.15) is 0 Å². The van der Waals surface area contributed by atoms with Crippen molar-refractivity contribution in [2.75, 3.05) is 14.1 Å². The van der Waals surface area contributed by atoms with E-state index in [0.29, 0.717) is 0 Å². The van der Waals surface area contributed by atoms with Crippen molar-refractivity contribution in [2.45, 2.75) is 26.7 Å². The molecule has 1 N–H and O–H groups in total. The summed E-state index contributed by atoms with van der Waals surface area (Å²) in [7, 11) is 3.46. The van der Waals surface area contributed by atoms with E-state index >= 15 is 0 Å². The zero-order chi connectivity index (χ0) is 12.6. The molecule has 0 aromatic rings. The van der Waals surface area contributed by atoms with Crippen LogP contribution in [-0.4, -0.2) is 31.2 Å². The molecule has 0 aromatic heterocycles. The Morgan fingerprint density at radius 3 is 2.44 bits per heavy atom. The molecular formula is C12H21N3O.